The molecule has 1 aromatic carbocycles. The number of carbonyl (C=O) groups excluding carboxylic acids is 1. The monoisotopic (exact) mass is 501 g/mol. The van der Waals surface area contributed by atoms with Crippen LogP contribution in [0.4, 0.5) is 14.6 Å². The average molecular weight is 502 g/mol. The first kappa shape index (κ1) is 24.6. The highest BCUT2D eigenvalue weighted by Gasteiger charge is 2.29. The number of sulfone groups is 1. The van der Waals surface area contributed by atoms with Crippen molar-refractivity contribution in [1.82, 2.24) is 20.5 Å². The van der Waals surface area contributed by atoms with Crippen LogP contribution in [-0.2, 0) is 16.3 Å². The van der Waals surface area contributed by atoms with Gasteiger partial charge in [0.05, 0.1) is 22.9 Å². The van der Waals surface area contributed by atoms with Crippen LogP contribution < -0.4 is 10.6 Å². The Balaban J connectivity index is 1.30. The zero-order valence-corrected chi connectivity index (χ0v) is 19.6. The summed E-state index contributed by atoms with van der Waals surface area (Å²) >= 11 is 0. The smallest absolute Gasteiger partial charge is 0.251 e. The fraction of sp³-hybridized carbons (Fsp3) is 0.333. The van der Waals surface area contributed by atoms with Crippen molar-refractivity contribution >= 4 is 21.6 Å². The van der Waals surface area contributed by atoms with Crippen molar-refractivity contribution < 1.29 is 22.0 Å². The summed E-state index contributed by atoms with van der Waals surface area (Å²) in [5.41, 5.74) is 1.72. The highest BCUT2D eigenvalue weighted by molar-refractivity contribution is 7.91. The molecule has 3 heterocycles. The van der Waals surface area contributed by atoms with Crippen molar-refractivity contribution in [3.63, 3.8) is 0 Å². The normalized spacial score (nSPS) is 17.6. The van der Waals surface area contributed by atoms with E-state index >= 15 is 0 Å². The van der Waals surface area contributed by atoms with Crippen molar-refractivity contribution in [1.29, 1.82) is 0 Å². The lowest BCUT2D eigenvalue weighted by Gasteiger charge is -2.12. The molecule has 35 heavy (non-hydrogen) atoms. The van der Waals surface area contributed by atoms with Gasteiger partial charge in [-0.1, -0.05) is 12.1 Å². The zero-order valence-electron chi connectivity index (χ0n) is 18.8. The van der Waals surface area contributed by atoms with E-state index in [1.165, 1.54) is 18.3 Å². The quantitative estimate of drug-likeness (QED) is 0.463. The summed E-state index contributed by atoms with van der Waals surface area (Å²) in [5.74, 6) is -0.352. The molecule has 0 saturated carbocycles. The Morgan fingerprint density at radius 3 is 2.71 bits per heavy atom. The number of benzene rings is 1. The lowest BCUT2D eigenvalue weighted by Crippen LogP contribution is -2.35. The van der Waals surface area contributed by atoms with Crippen molar-refractivity contribution in [2.75, 3.05) is 23.4 Å². The fourth-order valence-corrected chi connectivity index (χ4v) is 5.49. The zero-order chi connectivity index (χ0) is 24.8. The van der Waals surface area contributed by atoms with Gasteiger partial charge in [-0.3, -0.25) is 9.78 Å². The number of hydrogen-bond donors (Lipinski definition) is 2. The second-order valence-electron chi connectivity index (χ2n) is 8.41. The number of amides is 1. The summed E-state index contributed by atoms with van der Waals surface area (Å²) in [5, 5.41) is 14.0. The van der Waals surface area contributed by atoms with Gasteiger partial charge in [-0.2, -0.15) is 0 Å². The molecular weight excluding hydrogens is 476 g/mol. The van der Waals surface area contributed by atoms with Crippen molar-refractivity contribution in [2.24, 2.45) is 0 Å². The summed E-state index contributed by atoms with van der Waals surface area (Å²) in [6.07, 6.45) is 0.650. The van der Waals surface area contributed by atoms with Crippen LogP contribution in [0.5, 0.6) is 0 Å². The van der Waals surface area contributed by atoms with E-state index in [0.29, 0.717) is 29.1 Å². The number of rotatable bonds is 9. The summed E-state index contributed by atoms with van der Waals surface area (Å²) < 4.78 is 51.0. The third-order valence-electron chi connectivity index (χ3n) is 5.67. The summed E-state index contributed by atoms with van der Waals surface area (Å²) in [6, 6.07) is 12.6. The fourth-order valence-electron chi connectivity index (χ4n) is 3.82. The van der Waals surface area contributed by atoms with E-state index in [0.717, 1.165) is 0 Å². The van der Waals surface area contributed by atoms with Gasteiger partial charge in [-0.15, -0.1) is 10.2 Å². The van der Waals surface area contributed by atoms with Crippen LogP contribution in [0.2, 0.25) is 0 Å². The minimum absolute atomic E-state index is 0.0401. The van der Waals surface area contributed by atoms with Gasteiger partial charge in [0, 0.05) is 36.3 Å². The van der Waals surface area contributed by atoms with E-state index in [9.17, 15) is 22.0 Å². The Kier molecular flexibility index (Phi) is 7.64. The van der Waals surface area contributed by atoms with Gasteiger partial charge < -0.3 is 10.6 Å². The SMILES string of the molecule is O=C(NC1CCS(=O)(=O)C1)c1cccc(-c2ccc(NCC[C@H](F)Cc3ncccc3F)nn2)c1. The molecule has 1 aliphatic heterocycles. The predicted molar refractivity (Wildman–Crippen MR) is 128 cm³/mol. The van der Waals surface area contributed by atoms with Gasteiger partial charge in [0.15, 0.2) is 9.84 Å². The van der Waals surface area contributed by atoms with Crippen LogP contribution >= 0.6 is 0 Å². The molecule has 0 spiro atoms. The first-order valence-corrected chi connectivity index (χ1v) is 13.0. The Hall–Kier alpha value is -3.47. The summed E-state index contributed by atoms with van der Waals surface area (Å²) in [6.45, 7) is 0.288. The molecule has 4 rings (SSSR count). The molecule has 2 aromatic heterocycles. The number of pyridine rings is 1. The van der Waals surface area contributed by atoms with Crippen molar-refractivity contribution in [3.05, 3.63) is 71.8 Å². The van der Waals surface area contributed by atoms with Crippen molar-refractivity contribution in [2.45, 2.75) is 31.5 Å². The molecule has 0 aliphatic carbocycles. The minimum atomic E-state index is -3.08. The third kappa shape index (κ3) is 6.78. The molecule has 1 aliphatic rings. The van der Waals surface area contributed by atoms with Crippen LogP contribution in [0.25, 0.3) is 11.3 Å². The Bertz CT molecular complexity index is 1290. The van der Waals surface area contributed by atoms with E-state index in [1.807, 2.05) is 0 Å². The first-order chi connectivity index (χ1) is 16.8. The van der Waals surface area contributed by atoms with E-state index in [4.69, 9.17) is 0 Å². The molecule has 1 saturated heterocycles. The molecule has 1 fully saturated rings. The van der Waals surface area contributed by atoms with Gasteiger partial charge >= 0.3 is 0 Å². The predicted octanol–water partition coefficient (Wildman–Crippen LogP) is 2.98. The number of nitrogens with zero attached hydrogens (tertiary/aromatic N) is 3. The van der Waals surface area contributed by atoms with Crippen LogP contribution in [0.3, 0.4) is 0 Å². The molecule has 0 bridgehead atoms. The first-order valence-electron chi connectivity index (χ1n) is 11.2. The number of anilines is 1. The molecule has 1 amide bonds. The van der Waals surface area contributed by atoms with Crippen LogP contribution in [0.15, 0.2) is 54.7 Å². The maximum Gasteiger partial charge on any atom is 0.251 e. The molecular formula is C24H25F2N5O3S. The maximum absolute atomic E-state index is 14.2. The highest BCUT2D eigenvalue weighted by Crippen LogP contribution is 2.20. The van der Waals surface area contributed by atoms with E-state index in [-0.39, 0.29) is 48.5 Å². The second kappa shape index (κ2) is 10.9. The number of halogens is 2. The molecule has 0 radical (unpaired) electrons. The number of carbonyl (C=O) groups is 1. The number of aromatic nitrogens is 3. The molecule has 184 valence electrons. The molecule has 1 unspecified atom stereocenters. The maximum atomic E-state index is 14.2. The van der Waals surface area contributed by atoms with Crippen LogP contribution in [0.1, 0.15) is 28.9 Å². The second-order valence-corrected chi connectivity index (χ2v) is 10.6. The van der Waals surface area contributed by atoms with E-state index in [1.54, 1.807) is 36.4 Å². The summed E-state index contributed by atoms with van der Waals surface area (Å²) in [4.78, 5) is 16.4. The molecule has 3 aromatic rings. The summed E-state index contributed by atoms with van der Waals surface area (Å²) in [7, 11) is -3.08. The standard InChI is InChI=1S/C24H25F2N5O3S/c25-18(14-22-20(26)5-2-10-27-22)8-11-28-23-7-6-21(30-31-23)16-3-1-4-17(13-16)24(32)29-19-9-12-35(33,34)15-19/h1-7,10,13,18-19H,8-9,11-12,14-15H2,(H,28,31)(H,29,32)/t18-,19?/m0/s1. The largest absolute Gasteiger partial charge is 0.368 e. The van der Waals surface area contributed by atoms with Crippen LogP contribution in [0, 0.1) is 5.82 Å². The van der Waals surface area contributed by atoms with Gasteiger partial charge in [0.2, 0.25) is 0 Å². The molecule has 2 N–H and O–H groups in total. The van der Waals surface area contributed by atoms with Crippen LogP contribution in [-0.4, -0.2) is 59.8 Å². The topological polar surface area (TPSA) is 114 Å². The van der Waals surface area contributed by atoms with Gasteiger partial charge in [-0.05, 0) is 49.2 Å². The average Bonchev–Trinajstić information content (AvgIpc) is 3.19. The molecule has 8 nitrogen and oxygen atoms in total. The Morgan fingerprint density at radius 2 is 2.00 bits per heavy atom. The molecule has 11 heteroatoms. The Labute approximate surface area is 202 Å². The minimum Gasteiger partial charge on any atom is -0.368 e. The van der Waals surface area contributed by atoms with Gasteiger partial charge in [-0.25, -0.2) is 17.2 Å². The van der Waals surface area contributed by atoms with E-state index < -0.39 is 21.8 Å². The van der Waals surface area contributed by atoms with E-state index in [2.05, 4.69) is 25.8 Å². The van der Waals surface area contributed by atoms with Gasteiger partial charge in [0.1, 0.15) is 17.8 Å². The highest BCUT2D eigenvalue weighted by atomic mass is 32.2. The molecule has 2 atom stereocenters. The van der Waals surface area contributed by atoms with Crippen molar-refractivity contribution in [3.8, 4) is 11.3 Å². The number of nitrogens with one attached hydrogen (secondary N) is 2. The number of alkyl halides is 1. The van der Waals surface area contributed by atoms with Gasteiger partial charge in [0.25, 0.3) is 5.91 Å². The number of hydrogen-bond acceptors (Lipinski definition) is 7. The lowest BCUT2D eigenvalue weighted by atomic mass is 10.1. The Morgan fingerprint density at radius 1 is 1.14 bits per heavy atom. The third-order valence-corrected chi connectivity index (χ3v) is 7.43. The lowest BCUT2D eigenvalue weighted by molar-refractivity contribution is 0.0941.